The molecule has 0 saturated carbocycles. The average molecular weight is 285 g/mol. The maximum Gasteiger partial charge on any atom is 0.0341 e. The van der Waals surface area contributed by atoms with Gasteiger partial charge < -0.3 is 5.73 Å². The van der Waals surface area contributed by atoms with E-state index < -0.39 is 0 Å². The Balaban J connectivity index is 3.05. The molecule has 0 saturated heterocycles. The van der Waals surface area contributed by atoms with Crippen LogP contribution in [0.15, 0.2) is 58.4 Å². The van der Waals surface area contributed by atoms with Crippen molar-refractivity contribution in [3.63, 3.8) is 0 Å². The molecule has 1 aliphatic carbocycles. The van der Waals surface area contributed by atoms with E-state index in [1.807, 2.05) is 6.92 Å². The standard InChI is InChI=1S/C20H31N/c1-13(2)10-16(6)11-17(7)20(21)18-9-8-15(5)12-19(18)14(3)4/h8-10,14,19H,1,11-12,21H2,2-7H3/b16-10+,20-17+. The van der Waals surface area contributed by atoms with Gasteiger partial charge in [-0.25, -0.2) is 0 Å². The molecule has 0 aromatic carbocycles. The minimum absolute atomic E-state index is 0.537. The van der Waals surface area contributed by atoms with E-state index in [4.69, 9.17) is 5.73 Å². The second-order valence-corrected chi connectivity index (χ2v) is 6.90. The predicted molar refractivity (Wildman–Crippen MR) is 94.9 cm³/mol. The molecule has 21 heavy (non-hydrogen) atoms. The van der Waals surface area contributed by atoms with Crippen molar-refractivity contribution < 1.29 is 0 Å². The van der Waals surface area contributed by atoms with Crippen LogP contribution < -0.4 is 5.73 Å². The normalized spacial score (nSPS) is 20.9. The third-order valence-electron chi connectivity index (χ3n) is 4.10. The lowest BCUT2D eigenvalue weighted by Gasteiger charge is -2.28. The number of allylic oxidation sites excluding steroid dienone is 8. The average Bonchev–Trinajstić information content (AvgIpc) is 2.36. The lowest BCUT2D eigenvalue weighted by molar-refractivity contribution is 0.437. The summed E-state index contributed by atoms with van der Waals surface area (Å²) in [6.07, 6.45) is 8.61. The van der Waals surface area contributed by atoms with E-state index in [2.05, 4.69) is 59.4 Å². The van der Waals surface area contributed by atoms with Gasteiger partial charge in [0.1, 0.15) is 0 Å². The van der Waals surface area contributed by atoms with Gasteiger partial charge in [0.2, 0.25) is 0 Å². The van der Waals surface area contributed by atoms with Crippen LogP contribution in [-0.2, 0) is 0 Å². The zero-order valence-corrected chi connectivity index (χ0v) is 14.6. The number of hydrogen-bond donors (Lipinski definition) is 1. The topological polar surface area (TPSA) is 26.0 Å². The summed E-state index contributed by atoms with van der Waals surface area (Å²) in [6, 6.07) is 0. The lowest BCUT2D eigenvalue weighted by Crippen LogP contribution is -2.20. The lowest BCUT2D eigenvalue weighted by atomic mass is 9.78. The highest BCUT2D eigenvalue weighted by Crippen LogP contribution is 2.35. The van der Waals surface area contributed by atoms with E-state index in [1.54, 1.807) is 0 Å². The Morgan fingerprint density at radius 3 is 2.48 bits per heavy atom. The molecule has 1 unspecified atom stereocenters. The highest BCUT2D eigenvalue weighted by atomic mass is 14.6. The molecule has 1 aliphatic rings. The molecule has 0 amide bonds. The quantitative estimate of drug-likeness (QED) is 0.646. The fourth-order valence-corrected chi connectivity index (χ4v) is 3.00. The van der Waals surface area contributed by atoms with Gasteiger partial charge in [-0.05, 0) is 63.5 Å². The third-order valence-corrected chi connectivity index (χ3v) is 4.10. The Labute approximate surface area is 131 Å². The second-order valence-electron chi connectivity index (χ2n) is 6.90. The maximum atomic E-state index is 6.48. The van der Waals surface area contributed by atoms with Gasteiger partial charge in [0.05, 0.1) is 0 Å². The molecule has 0 spiro atoms. The Morgan fingerprint density at radius 1 is 1.33 bits per heavy atom. The summed E-state index contributed by atoms with van der Waals surface area (Å²) in [6.45, 7) is 17.0. The monoisotopic (exact) mass is 285 g/mol. The molecular formula is C20H31N. The van der Waals surface area contributed by atoms with Gasteiger partial charge in [-0.3, -0.25) is 0 Å². The number of rotatable bonds is 5. The van der Waals surface area contributed by atoms with Crippen molar-refractivity contribution in [2.75, 3.05) is 0 Å². The molecule has 1 rings (SSSR count). The molecule has 0 heterocycles. The van der Waals surface area contributed by atoms with E-state index in [9.17, 15) is 0 Å². The molecule has 0 bridgehead atoms. The van der Waals surface area contributed by atoms with Crippen molar-refractivity contribution in [1.82, 2.24) is 0 Å². The molecule has 1 heteroatoms. The molecule has 0 aliphatic heterocycles. The molecule has 1 atom stereocenters. The summed E-state index contributed by atoms with van der Waals surface area (Å²) in [5.74, 6) is 1.15. The summed E-state index contributed by atoms with van der Waals surface area (Å²) < 4.78 is 0. The Morgan fingerprint density at radius 2 is 1.95 bits per heavy atom. The molecule has 2 N–H and O–H groups in total. The first-order valence-electron chi connectivity index (χ1n) is 7.88. The van der Waals surface area contributed by atoms with Gasteiger partial charge in [0.15, 0.2) is 0 Å². The minimum atomic E-state index is 0.537. The van der Waals surface area contributed by atoms with Gasteiger partial charge in [-0.15, -0.1) is 0 Å². The summed E-state index contributed by atoms with van der Waals surface area (Å²) >= 11 is 0. The summed E-state index contributed by atoms with van der Waals surface area (Å²) in [4.78, 5) is 0. The molecule has 0 radical (unpaired) electrons. The van der Waals surface area contributed by atoms with Crippen LogP contribution in [0.5, 0.6) is 0 Å². The maximum absolute atomic E-state index is 6.48. The Bertz CT molecular complexity index is 524. The molecule has 0 aromatic rings. The SMILES string of the molecule is C=C(C)/C=C(\C)C/C(C)=C(/N)C1=CC=C(C)CC1C(C)C. The van der Waals surface area contributed by atoms with E-state index in [0.29, 0.717) is 11.8 Å². The Hall–Kier alpha value is -1.50. The van der Waals surface area contributed by atoms with Gasteiger partial charge in [0.25, 0.3) is 0 Å². The van der Waals surface area contributed by atoms with Crippen molar-refractivity contribution in [2.24, 2.45) is 17.6 Å². The predicted octanol–water partition coefficient (Wildman–Crippen LogP) is 5.68. The van der Waals surface area contributed by atoms with Gasteiger partial charge in [-0.2, -0.15) is 0 Å². The molecular weight excluding hydrogens is 254 g/mol. The van der Waals surface area contributed by atoms with Gasteiger partial charge in [0, 0.05) is 5.70 Å². The number of hydrogen-bond acceptors (Lipinski definition) is 1. The summed E-state index contributed by atoms with van der Waals surface area (Å²) in [5.41, 5.74) is 13.9. The van der Waals surface area contributed by atoms with Crippen LogP contribution in [0.2, 0.25) is 0 Å². The summed E-state index contributed by atoms with van der Waals surface area (Å²) in [5, 5.41) is 0. The van der Waals surface area contributed by atoms with Crippen LogP contribution in [0, 0.1) is 11.8 Å². The van der Waals surface area contributed by atoms with E-state index in [0.717, 1.165) is 24.1 Å². The van der Waals surface area contributed by atoms with Crippen LogP contribution in [0.25, 0.3) is 0 Å². The fraction of sp³-hybridized carbons (Fsp3) is 0.500. The van der Waals surface area contributed by atoms with Crippen molar-refractivity contribution in [3.8, 4) is 0 Å². The first-order chi connectivity index (χ1) is 9.72. The van der Waals surface area contributed by atoms with Crippen LogP contribution >= 0.6 is 0 Å². The van der Waals surface area contributed by atoms with E-state index >= 15 is 0 Å². The first-order valence-corrected chi connectivity index (χ1v) is 7.88. The molecule has 0 fully saturated rings. The van der Waals surface area contributed by atoms with Crippen LogP contribution in [0.4, 0.5) is 0 Å². The highest BCUT2D eigenvalue weighted by molar-refractivity contribution is 5.42. The first kappa shape index (κ1) is 17.6. The zero-order chi connectivity index (χ0) is 16.2. The van der Waals surface area contributed by atoms with Gasteiger partial charge in [-0.1, -0.05) is 55.4 Å². The highest BCUT2D eigenvalue weighted by Gasteiger charge is 2.23. The van der Waals surface area contributed by atoms with E-state index in [1.165, 1.54) is 22.3 Å². The second kappa shape index (κ2) is 7.49. The third kappa shape index (κ3) is 5.08. The van der Waals surface area contributed by atoms with Crippen molar-refractivity contribution in [1.29, 1.82) is 0 Å². The smallest absolute Gasteiger partial charge is 0.0341 e. The largest absolute Gasteiger partial charge is 0.399 e. The Kier molecular flexibility index (Phi) is 6.26. The van der Waals surface area contributed by atoms with E-state index in [-0.39, 0.29) is 0 Å². The fourth-order valence-electron chi connectivity index (χ4n) is 3.00. The number of nitrogens with two attached hydrogens (primary N) is 1. The molecule has 116 valence electrons. The van der Waals surface area contributed by atoms with Crippen LogP contribution in [0.3, 0.4) is 0 Å². The van der Waals surface area contributed by atoms with Crippen LogP contribution in [-0.4, -0.2) is 0 Å². The molecule has 0 aromatic heterocycles. The zero-order valence-electron chi connectivity index (χ0n) is 14.6. The van der Waals surface area contributed by atoms with Crippen molar-refractivity contribution in [3.05, 3.63) is 58.4 Å². The minimum Gasteiger partial charge on any atom is -0.399 e. The molecule has 1 nitrogen and oxygen atoms in total. The van der Waals surface area contributed by atoms with Crippen molar-refractivity contribution in [2.45, 2.75) is 54.4 Å². The van der Waals surface area contributed by atoms with Crippen LogP contribution in [0.1, 0.15) is 54.4 Å². The summed E-state index contributed by atoms with van der Waals surface area (Å²) in [7, 11) is 0. The van der Waals surface area contributed by atoms with Crippen molar-refractivity contribution >= 4 is 0 Å². The van der Waals surface area contributed by atoms with Gasteiger partial charge >= 0.3 is 0 Å².